The minimum atomic E-state index is 0.394. The van der Waals surface area contributed by atoms with Crippen molar-refractivity contribution < 1.29 is 0 Å². The number of aryl methyl sites for hydroxylation is 1. The van der Waals surface area contributed by atoms with Gasteiger partial charge >= 0.3 is 0 Å². The molecule has 0 amide bonds. The summed E-state index contributed by atoms with van der Waals surface area (Å²) in [6, 6.07) is 0. The summed E-state index contributed by atoms with van der Waals surface area (Å²) in [5, 5.41) is 8.42. The van der Waals surface area contributed by atoms with Gasteiger partial charge in [-0.25, -0.2) is 0 Å². The number of thiocarbonyl (C=S) groups is 1. The maximum absolute atomic E-state index is 5.81. The number of hydrogen-bond acceptors (Lipinski definition) is 4. The van der Waals surface area contributed by atoms with E-state index in [4.69, 9.17) is 18.0 Å². The highest BCUT2D eigenvalue weighted by Gasteiger charge is 2.17. The number of anilines is 1. The standard InChI is InChI=1S/C12H20N4S/c1-5-7-16(6-2)12-10(11(13)17)8(3)9(4)14-15-12/h5-7H2,1-4H3,(H2,13,17). The monoisotopic (exact) mass is 252 g/mol. The Kier molecular flexibility index (Phi) is 4.81. The zero-order valence-corrected chi connectivity index (χ0v) is 11.8. The van der Waals surface area contributed by atoms with Gasteiger partial charge in [0.1, 0.15) is 4.99 Å². The molecule has 1 heterocycles. The second-order valence-electron chi connectivity index (χ2n) is 4.05. The average molecular weight is 252 g/mol. The van der Waals surface area contributed by atoms with E-state index in [1.807, 2.05) is 13.8 Å². The molecule has 17 heavy (non-hydrogen) atoms. The Hall–Kier alpha value is -1.23. The summed E-state index contributed by atoms with van der Waals surface area (Å²) in [7, 11) is 0. The van der Waals surface area contributed by atoms with Crippen molar-refractivity contribution in [2.45, 2.75) is 34.1 Å². The van der Waals surface area contributed by atoms with Gasteiger partial charge in [-0.15, -0.1) is 5.10 Å². The molecule has 0 atom stereocenters. The summed E-state index contributed by atoms with van der Waals surface area (Å²) in [4.78, 5) is 2.55. The Labute approximate surface area is 108 Å². The highest BCUT2D eigenvalue weighted by atomic mass is 32.1. The first-order valence-corrected chi connectivity index (χ1v) is 6.32. The van der Waals surface area contributed by atoms with E-state index in [0.29, 0.717) is 4.99 Å². The summed E-state index contributed by atoms with van der Waals surface area (Å²) in [5.41, 5.74) is 8.58. The van der Waals surface area contributed by atoms with E-state index in [-0.39, 0.29) is 0 Å². The van der Waals surface area contributed by atoms with Crippen molar-refractivity contribution >= 4 is 23.0 Å². The Morgan fingerprint density at radius 2 is 1.94 bits per heavy atom. The highest BCUT2D eigenvalue weighted by molar-refractivity contribution is 7.80. The number of rotatable bonds is 5. The molecule has 5 heteroatoms. The predicted molar refractivity (Wildman–Crippen MR) is 75.6 cm³/mol. The van der Waals surface area contributed by atoms with Gasteiger partial charge in [0.15, 0.2) is 5.82 Å². The van der Waals surface area contributed by atoms with Crippen LogP contribution in [0.3, 0.4) is 0 Å². The van der Waals surface area contributed by atoms with Gasteiger partial charge in [0.05, 0.1) is 11.3 Å². The van der Waals surface area contributed by atoms with Crippen molar-refractivity contribution in [3.05, 3.63) is 16.8 Å². The van der Waals surface area contributed by atoms with Crippen molar-refractivity contribution in [1.29, 1.82) is 0 Å². The molecule has 0 aliphatic heterocycles. The van der Waals surface area contributed by atoms with Crippen LogP contribution in [0.4, 0.5) is 5.82 Å². The SMILES string of the molecule is CCCN(CC)c1nnc(C)c(C)c1C(N)=S. The maximum Gasteiger partial charge on any atom is 0.161 e. The lowest BCUT2D eigenvalue weighted by Gasteiger charge is -2.24. The van der Waals surface area contributed by atoms with Crippen LogP contribution in [0.5, 0.6) is 0 Å². The number of nitrogens with zero attached hydrogens (tertiary/aromatic N) is 3. The van der Waals surface area contributed by atoms with Gasteiger partial charge < -0.3 is 10.6 Å². The van der Waals surface area contributed by atoms with E-state index < -0.39 is 0 Å². The van der Waals surface area contributed by atoms with E-state index in [2.05, 4.69) is 28.9 Å². The molecule has 1 rings (SSSR count). The van der Waals surface area contributed by atoms with Crippen LogP contribution in [0, 0.1) is 13.8 Å². The van der Waals surface area contributed by atoms with Gasteiger partial charge in [-0.1, -0.05) is 19.1 Å². The molecular formula is C12H20N4S. The number of hydrogen-bond donors (Lipinski definition) is 1. The van der Waals surface area contributed by atoms with Gasteiger partial charge in [0, 0.05) is 13.1 Å². The average Bonchev–Trinajstić information content (AvgIpc) is 2.29. The topological polar surface area (TPSA) is 55.0 Å². The molecular weight excluding hydrogens is 232 g/mol. The molecule has 94 valence electrons. The molecule has 0 spiro atoms. The van der Waals surface area contributed by atoms with Gasteiger partial charge in [-0.3, -0.25) is 0 Å². The van der Waals surface area contributed by atoms with E-state index in [0.717, 1.165) is 42.1 Å². The summed E-state index contributed by atoms with van der Waals surface area (Å²) in [6.45, 7) is 9.95. The summed E-state index contributed by atoms with van der Waals surface area (Å²) in [6.07, 6.45) is 1.05. The fraction of sp³-hybridized carbons (Fsp3) is 0.583. The zero-order chi connectivity index (χ0) is 13.0. The fourth-order valence-electron chi connectivity index (χ4n) is 1.80. The van der Waals surface area contributed by atoms with Crippen LogP contribution in [0.25, 0.3) is 0 Å². The summed E-state index contributed by atoms with van der Waals surface area (Å²) < 4.78 is 0. The Balaban J connectivity index is 3.31. The number of aromatic nitrogens is 2. The van der Waals surface area contributed by atoms with E-state index in [1.165, 1.54) is 0 Å². The minimum absolute atomic E-state index is 0.394. The molecule has 0 aliphatic carbocycles. The molecule has 0 unspecified atom stereocenters. The molecule has 1 aromatic rings. The van der Waals surface area contributed by atoms with E-state index in [1.54, 1.807) is 0 Å². The second-order valence-corrected chi connectivity index (χ2v) is 4.49. The van der Waals surface area contributed by atoms with Crippen molar-refractivity contribution in [1.82, 2.24) is 10.2 Å². The van der Waals surface area contributed by atoms with Crippen molar-refractivity contribution in [2.24, 2.45) is 5.73 Å². The lowest BCUT2D eigenvalue weighted by atomic mass is 10.1. The quantitative estimate of drug-likeness (QED) is 0.812. The van der Waals surface area contributed by atoms with Crippen LogP contribution in [-0.4, -0.2) is 28.3 Å². The fourth-order valence-corrected chi connectivity index (χ4v) is 2.04. The highest BCUT2D eigenvalue weighted by Crippen LogP contribution is 2.22. The van der Waals surface area contributed by atoms with Crippen LogP contribution >= 0.6 is 12.2 Å². The van der Waals surface area contributed by atoms with Gasteiger partial charge in [-0.2, -0.15) is 5.10 Å². The van der Waals surface area contributed by atoms with E-state index in [9.17, 15) is 0 Å². The first kappa shape index (κ1) is 13.8. The summed E-state index contributed by atoms with van der Waals surface area (Å²) >= 11 is 5.13. The van der Waals surface area contributed by atoms with E-state index >= 15 is 0 Å². The van der Waals surface area contributed by atoms with Crippen LogP contribution in [0.1, 0.15) is 37.1 Å². The third kappa shape index (κ3) is 2.91. The van der Waals surface area contributed by atoms with Crippen molar-refractivity contribution in [3.63, 3.8) is 0 Å². The first-order chi connectivity index (χ1) is 8.02. The smallest absolute Gasteiger partial charge is 0.161 e. The first-order valence-electron chi connectivity index (χ1n) is 5.91. The van der Waals surface area contributed by atoms with Crippen LogP contribution in [0.2, 0.25) is 0 Å². The lowest BCUT2D eigenvalue weighted by molar-refractivity contribution is 0.761. The molecule has 0 saturated heterocycles. The normalized spacial score (nSPS) is 10.4. The maximum atomic E-state index is 5.81. The molecule has 4 nitrogen and oxygen atoms in total. The van der Waals surface area contributed by atoms with Crippen molar-refractivity contribution in [2.75, 3.05) is 18.0 Å². The third-order valence-electron chi connectivity index (χ3n) is 2.86. The molecule has 0 aliphatic rings. The Morgan fingerprint density at radius 3 is 2.41 bits per heavy atom. The third-order valence-corrected chi connectivity index (χ3v) is 3.06. The Morgan fingerprint density at radius 1 is 1.29 bits per heavy atom. The van der Waals surface area contributed by atoms with Crippen LogP contribution < -0.4 is 10.6 Å². The van der Waals surface area contributed by atoms with Crippen molar-refractivity contribution in [3.8, 4) is 0 Å². The molecule has 0 fully saturated rings. The van der Waals surface area contributed by atoms with Gasteiger partial charge in [0.25, 0.3) is 0 Å². The molecule has 0 saturated carbocycles. The molecule has 0 radical (unpaired) electrons. The second kappa shape index (κ2) is 5.91. The number of nitrogens with two attached hydrogens (primary N) is 1. The predicted octanol–water partition coefficient (Wildman–Crippen LogP) is 1.96. The molecule has 1 aromatic heterocycles. The van der Waals surface area contributed by atoms with Crippen LogP contribution in [0.15, 0.2) is 0 Å². The lowest BCUT2D eigenvalue weighted by Crippen LogP contribution is -2.29. The Bertz CT molecular complexity index is 417. The summed E-state index contributed by atoms with van der Waals surface area (Å²) in [5.74, 6) is 0.810. The minimum Gasteiger partial charge on any atom is -0.389 e. The largest absolute Gasteiger partial charge is 0.389 e. The molecule has 0 bridgehead atoms. The zero-order valence-electron chi connectivity index (χ0n) is 10.9. The molecule has 2 N–H and O–H groups in total. The molecule has 0 aromatic carbocycles. The van der Waals surface area contributed by atoms with Gasteiger partial charge in [-0.05, 0) is 32.8 Å². The van der Waals surface area contributed by atoms with Crippen LogP contribution in [-0.2, 0) is 0 Å². The van der Waals surface area contributed by atoms with Gasteiger partial charge in [0.2, 0.25) is 0 Å².